The quantitative estimate of drug-likeness (QED) is 0.228. The van der Waals surface area contributed by atoms with Crippen LogP contribution in [0.25, 0.3) is 10.8 Å². The van der Waals surface area contributed by atoms with Crippen LogP contribution in [-0.2, 0) is 6.54 Å². The molecule has 5 heteroatoms. The number of imide groups is 1. The fraction of sp³-hybridized carbons (Fsp3) is 0.114. The zero-order chi connectivity index (χ0) is 27.2. The van der Waals surface area contributed by atoms with E-state index in [-0.39, 0.29) is 24.4 Å². The van der Waals surface area contributed by atoms with Gasteiger partial charge in [0.05, 0.1) is 24.0 Å². The number of amides is 2. The first kappa shape index (κ1) is 24.0. The Morgan fingerprint density at radius 2 is 1.40 bits per heavy atom. The van der Waals surface area contributed by atoms with E-state index in [1.165, 1.54) is 10.5 Å². The molecule has 1 atom stereocenters. The molecule has 0 aliphatic carbocycles. The monoisotopic (exact) mass is 521 g/mol. The van der Waals surface area contributed by atoms with E-state index in [0.717, 1.165) is 39.9 Å². The highest BCUT2D eigenvalue weighted by atomic mass is 16.2. The number of carbonyl (C=O) groups excluding carboxylic acids is 2. The lowest BCUT2D eigenvalue weighted by Crippen LogP contribution is -2.39. The molecular formula is C35H27N3O2. The molecule has 40 heavy (non-hydrogen) atoms. The van der Waals surface area contributed by atoms with Crippen molar-refractivity contribution >= 4 is 34.0 Å². The highest BCUT2D eigenvalue weighted by Crippen LogP contribution is 2.42. The molecule has 2 aliphatic rings. The summed E-state index contributed by atoms with van der Waals surface area (Å²) >= 11 is 0. The van der Waals surface area contributed by atoms with Crippen molar-refractivity contribution in [3.63, 3.8) is 0 Å². The molecular weight excluding hydrogens is 494 g/mol. The maximum absolute atomic E-state index is 13.7. The van der Waals surface area contributed by atoms with Crippen molar-refractivity contribution in [1.29, 1.82) is 0 Å². The van der Waals surface area contributed by atoms with Crippen molar-refractivity contribution in [3.8, 4) is 0 Å². The van der Waals surface area contributed by atoms with Crippen LogP contribution < -0.4 is 5.01 Å². The standard InChI is InChI=1S/C35H27N3O2/c1-23-15-17-25(18-16-23)30-21-32(26-11-6-3-7-12-26)38(36-30)31-20-19-29-33-27(31)13-8-14-28(33)34(39)37(35(29)40)22-24-9-4-2-5-10-24/h2-20,32H,21-22H2,1H3. The van der Waals surface area contributed by atoms with Gasteiger partial charge in [-0.2, -0.15) is 5.10 Å². The van der Waals surface area contributed by atoms with Crippen LogP contribution in [0.3, 0.4) is 0 Å². The van der Waals surface area contributed by atoms with Crippen LogP contribution >= 0.6 is 0 Å². The summed E-state index contributed by atoms with van der Waals surface area (Å²) in [6, 6.07) is 38.0. The van der Waals surface area contributed by atoms with Gasteiger partial charge in [-0.05, 0) is 41.8 Å². The van der Waals surface area contributed by atoms with E-state index in [2.05, 4.69) is 48.3 Å². The number of benzene rings is 5. The van der Waals surface area contributed by atoms with Gasteiger partial charge in [0.25, 0.3) is 11.8 Å². The highest BCUT2D eigenvalue weighted by Gasteiger charge is 2.36. The van der Waals surface area contributed by atoms with Gasteiger partial charge in [-0.3, -0.25) is 19.5 Å². The van der Waals surface area contributed by atoms with Crippen molar-refractivity contribution in [1.82, 2.24) is 4.90 Å². The normalized spacial score (nSPS) is 16.5. The van der Waals surface area contributed by atoms with E-state index in [1.54, 1.807) is 0 Å². The molecule has 0 aromatic heterocycles. The third-order valence-corrected chi connectivity index (χ3v) is 7.88. The molecule has 0 fully saturated rings. The second-order valence-corrected chi connectivity index (χ2v) is 10.4. The van der Waals surface area contributed by atoms with E-state index >= 15 is 0 Å². The maximum atomic E-state index is 13.7. The average Bonchev–Trinajstić information content (AvgIpc) is 3.44. The first-order valence-electron chi connectivity index (χ1n) is 13.5. The zero-order valence-corrected chi connectivity index (χ0v) is 22.1. The van der Waals surface area contributed by atoms with Crippen molar-refractivity contribution < 1.29 is 9.59 Å². The Labute approximate surface area is 233 Å². The molecule has 0 saturated heterocycles. The van der Waals surface area contributed by atoms with Crippen LogP contribution in [0.1, 0.15) is 55.4 Å². The van der Waals surface area contributed by atoms with Crippen molar-refractivity contribution in [2.75, 3.05) is 5.01 Å². The Kier molecular flexibility index (Phi) is 5.78. The number of hydrogen-bond donors (Lipinski definition) is 0. The first-order valence-corrected chi connectivity index (χ1v) is 13.5. The van der Waals surface area contributed by atoms with Gasteiger partial charge in [0, 0.05) is 28.3 Å². The fourth-order valence-corrected chi connectivity index (χ4v) is 5.83. The predicted molar refractivity (Wildman–Crippen MR) is 159 cm³/mol. The SMILES string of the molecule is Cc1ccc(C2=NN(c3ccc4c5c(cccc35)C(=O)N(Cc3ccccc3)C4=O)C(c3ccccc3)C2)cc1. The number of nitrogens with zero attached hydrogens (tertiary/aromatic N) is 3. The van der Waals surface area contributed by atoms with E-state index in [0.29, 0.717) is 16.5 Å². The number of aryl methyl sites for hydroxylation is 1. The Hall–Kier alpha value is -5.03. The molecule has 2 heterocycles. The summed E-state index contributed by atoms with van der Waals surface area (Å²) in [6.45, 7) is 2.32. The molecule has 0 N–H and O–H groups in total. The van der Waals surface area contributed by atoms with Crippen LogP contribution in [0.2, 0.25) is 0 Å². The molecule has 2 aliphatic heterocycles. The Morgan fingerprint density at radius 1 is 0.725 bits per heavy atom. The van der Waals surface area contributed by atoms with Gasteiger partial charge in [0.15, 0.2) is 0 Å². The molecule has 194 valence electrons. The summed E-state index contributed by atoms with van der Waals surface area (Å²) in [7, 11) is 0. The lowest BCUT2D eigenvalue weighted by atomic mass is 9.92. The summed E-state index contributed by atoms with van der Waals surface area (Å²) in [6.07, 6.45) is 0.749. The minimum Gasteiger partial charge on any atom is -0.270 e. The second kappa shape index (κ2) is 9.62. The van der Waals surface area contributed by atoms with Crippen LogP contribution in [0.15, 0.2) is 120 Å². The predicted octanol–water partition coefficient (Wildman–Crippen LogP) is 7.30. The van der Waals surface area contributed by atoms with Crippen LogP contribution in [0, 0.1) is 6.92 Å². The van der Waals surface area contributed by atoms with Crippen molar-refractivity contribution in [2.24, 2.45) is 5.10 Å². The minimum atomic E-state index is -0.269. The molecule has 0 spiro atoms. The topological polar surface area (TPSA) is 53.0 Å². The molecule has 5 nitrogen and oxygen atoms in total. The highest BCUT2D eigenvalue weighted by molar-refractivity contribution is 6.26. The fourth-order valence-electron chi connectivity index (χ4n) is 5.83. The molecule has 0 radical (unpaired) electrons. The number of rotatable bonds is 5. The molecule has 7 rings (SSSR count). The number of anilines is 1. The Bertz CT molecular complexity index is 1770. The zero-order valence-electron chi connectivity index (χ0n) is 22.1. The van der Waals surface area contributed by atoms with Gasteiger partial charge < -0.3 is 0 Å². The molecule has 5 aromatic rings. The molecule has 2 amide bonds. The largest absolute Gasteiger partial charge is 0.270 e. The van der Waals surface area contributed by atoms with E-state index in [1.807, 2.05) is 78.9 Å². The Morgan fingerprint density at radius 3 is 2.12 bits per heavy atom. The average molecular weight is 522 g/mol. The van der Waals surface area contributed by atoms with Gasteiger partial charge >= 0.3 is 0 Å². The van der Waals surface area contributed by atoms with Crippen LogP contribution in [0.4, 0.5) is 5.69 Å². The third-order valence-electron chi connectivity index (χ3n) is 7.88. The van der Waals surface area contributed by atoms with E-state index < -0.39 is 0 Å². The Balaban J connectivity index is 1.35. The summed E-state index contributed by atoms with van der Waals surface area (Å²) < 4.78 is 0. The van der Waals surface area contributed by atoms with Gasteiger partial charge in [0.2, 0.25) is 0 Å². The molecule has 5 aromatic carbocycles. The van der Waals surface area contributed by atoms with Crippen molar-refractivity contribution in [3.05, 3.63) is 149 Å². The smallest absolute Gasteiger partial charge is 0.261 e. The van der Waals surface area contributed by atoms with Gasteiger partial charge in [-0.25, -0.2) is 0 Å². The molecule has 1 unspecified atom stereocenters. The first-order chi connectivity index (χ1) is 19.6. The van der Waals surface area contributed by atoms with Gasteiger partial charge in [-0.1, -0.05) is 103 Å². The van der Waals surface area contributed by atoms with E-state index in [4.69, 9.17) is 5.10 Å². The van der Waals surface area contributed by atoms with Gasteiger partial charge in [0.1, 0.15) is 0 Å². The minimum absolute atomic E-state index is 0.0147. The number of hydrogen-bond acceptors (Lipinski definition) is 4. The van der Waals surface area contributed by atoms with Crippen molar-refractivity contribution in [2.45, 2.75) is 25.9 Å². The summed E-state index contributed by atoms with van der Waals surface area (Å²) in [5, 5.41) is 8.77. The lowest BCUT2D eigenvalue weighted by Gasteiger charge is -2.30. The third kappa shape index (κ3) is 3.98. The summed E-state index contributed by atoms with van der Waals surface area (Å²) in [4.78, 5) is 28.7. The molecule has 0 bridgehead atoms. The second-order valence-electron chi connectivity index (χ2n) is 10.4. The summed E-state index contributed by atoms with van der Waals surface area (Å²) in [5.41, 5.74) is 7.36. The maximum Gasteiger partial charge on any atom is 0.261 e. The number of carbonyl (C=O) groups is 2. The van der Waals surface area contributed by atoms with Crippen LogP contribution in [-0.4, -0.2) is 22.4 Å². The summed E-state index contributed by atoms with van der Waals surface area (Å²) in [5.74, 6) is -0.539. The molecule has 0 saturated carbocycles. The van der Waals surface area contributed by atoms with E-state index in [9.17, 15) is 9.59 Å². The lowest BCUT2D eigenvalue weighted by molar-refractivity contribution is 0.0598. The van der Waals surface area contributed by atoms with Gasteiger partial charge in [-0.15, -0.1) is 0 Å². The van der Waals surface area contributed by atoms with Crippen LogP contribution in [0.5, 0.6) is 0 Å². The number of hydrazone groups is 1.